The van der Waals surface area contributed by atoms with Crippen LogP contribution < -0.4 is 5.32 Å². The maximum atomic E-state index is 11.4. The topological polar surface area (TPSA) is 58.6 Å². The highest BCUT2D eigenvalue weighted by Crippen LogP contribution is 2.38. The van der Waals surface area contributed by atoms with Gasteiger partial charge in [-0.15, -0.1) is 11.8 Å². The molecule has 1 aromatic carbocycles. The van der Waals surface area contributed by atoms with Crippen molar-refractivity contribution < 1.29 is 14.6 Å². The van der Waals surface area contributed by atoms with E-state index in [1.165, 1.54) is 0 Å². The molecule has 4 nitrogen and oxygen atoms in total. The number of rotatable bonds is 5. The summed E-state index contributed by atoms with van der Waals surface area (Å²) in [4.78, 5) is 12.4. The number of anilines is 1. The molecule has 1 aromatic rings. The van der Waals surface area contributed by atoms with Crippen LogP contribution in [0.25, 0.3) is 0 Å². The van der Waals surface area contributed by atoms with E-state index in [1.807, 2.05) is 6.07 Å². The number of methoxy groups -OCH3 is 1. The summed E-state index contributed by atoms with van der Waals surface area (Å²) in [7, 11) is 1.69. The molecule has 0 aromatic heterocycles. The van der Waals surface area contributed by atoms with Crippen LogP contribution in [0.4, 0.5) is 5.69 Å². The van der Waals surface area contributed by atoms with Crippen molar-refractivity contribution in [2.75, 3.05) is 24.8 Å². The molecule has 0 saturated heterocycles. The number of ether oxygens (including phenoxy) is 1. The molecule has 1 heterocycles. The molecule has 0 aliphatic carbocycles. The van der Waals surface area contributed by atoms with Gasteiger partial charge in [0.15, 0.2) is 6.10 Å². The molecule has 18 heavy (non-hydrogen) atoms. The van der Waals surface area contributed by atoms with Gasteiger partial charge in [0.2, 0.25) is 0 Å². The number of thioether (sulfide) groups is 1. The first-order chi connectivity index (χ1) is 8.63. The molecule has 0 saturated carbocycles. The van der Waals surface area contributed by atoms with Gasteiger partial charge in [0.25, 0.3) is 5.91 Å². The van der Waals surface area contributed by atoms with E-state index in [-0.39, 0.29) is 5.91 Å². The largest absolute Gasteiger partial charge is 0.385 e. The van der Waals surface area contributed by atoms with Crippen LogP contribution in [0.1, 0.15) is 18.1 Å². The van der Waals surface area contributed by atoms with Gasteiger partial charge in [-0.05, 0) is 34.5 Å². The number of hydrogen-bond acceptors (Lipinski definition) is 4. The number of aliphatic hydroxyl groups excluding tert-OH is 1. The Morgan fingerprint density at radius 1 is 1.56 bits per heavy atom. The third-order valence-corrected chi connectivity index (χ3v) is 4.72. The second-order valence-corrected chi connectivity index (χ2v) is 5.95. The molecule has 1 aliphatic rings. The van der Waals surface area contributed by atoms with Crippen molar-refractivity contribution in [1.82, 2.24) is 0 Å². The predicted octanol–water partition coefficient (Wildman–Crippen LogP) is 2.56. The minimum atomic E-state index is -1.05. The number of benzene rings is 1. The summed E-state index contributed by atoms with van der Waals surface area (Å²) in [5.74, 6) is 0.584. The molecule has 0 bridgehead atoms. The third-order valence-electron chi connectivity index (χ3n) is 2.66. The normalized spacial score (nSPS) is 17.7. The summed E-state index contributed by atoms with van der Waals surface area (Å²) < 4.78 is 5.90. The lowest BCUT2D eigenvalue weighted by atomic mass is 10.1. The molecule has 1 atom stereocenters. The Labute approximate surface area is 118 Å². The van der Waals surface area contributed by atoms with Gasteiger partial charge in [0.05, 0.1) is 0 Å². The summed E-state index contributed by atoms with van der Waals surface area (Å²) in [6.45, 7) is 0.741. The van der Waals surface area contributed by atoms with Crippen molar-refractivity contribution in [3.8, 4) is 0 Å². The molecule has 1 amide bonds. The molecule has 0 spiro atoms. The Bertz CT molecular complexity index is 467. The lowest BCUT2D eigenvalue weighted by Gasteiger charge is -2.08. The van der Waals surface area contributed by atoms with Gasteiger partial charge in [0, 0.05) is 40.1 Å². The molecule has 1 aliphatic heterocycles. The Morgan fingerprint density at radius 2 is 2.33 bits per heavy atom. The summed E-state index contributed by atoms with van der Waals surface area (Å²) in [5, 5.41) is 12.3. The van der Waals surface area contributed by atoms with Gasteiger partial charge in [-0.3, -0.25) is 4.79 Å². The fourth-order valence-corrected chi connectivity index (χ4v) is 3.33. The predicted molar refractivity (Wildman–Crippen MR) is 74.9 cm³/mol. The Hall–Kier alpha value is -0.560. The highest BCUT2D eigenvalue weighted by atomic mass is 79.9. The monoisotopic (exact) mass is 331 g/mol. The molecule has 0 radical (unpaired) electrons. The zero-order valence-electron chi connectivity index (χ0n) is 9.90. The highest BCUT2D eigenvalue weighted by molar-refractivity contribution is 9.10. The fourth-order valence-electron chi connectivity index (χ4n) is 1.74. The Balaban J connectivity index is 2.10. The van der Waals surface area contributed by atoms with Gasteiger partial charge in [-0.1, -0.05) is 0 Å². The van der Waals surface area contributed by atoms with Gasteiger partial charge in [0.1, 0.15) is 0 Å². The second-order valence-electron chi connectivity index (χ2n) is 3.96. The second kappa shape index (κ2) is 6.06. The summed E-state index contributed by atoms with van der Waals surface area (Å²) in [6.07, 6.45) is -0.0801. The van der Waals surface area contributed by atoms with E-state index >= 15 is 0 Å². The molecule has 2 N–H and O–H groups in total. The quantitative estimate of drug-likeness (QED) is 0.643. The van der Waals surface area contributed by atoms with Gasteiger partial charge >= 0.3 is 0 Å². The maximum absolute atomic E-state index is 11.4. The average molecular weight is 332 g/mol. The number of fused-ring (bicyclic) bond motifs is 1. The minimum absolute atomic E-state index is 0.363. The molecular weight excluding hydrogens is 318 g/mol. The zero-order valence-corrected chi connectivity index (χ0v) is 12.3. The lowest BCUT2D eigenvalue weighted by Crippen LogP contribution is -2.10. The van der Waals surface area contributed by atoms with Crippen LogP contribution in [0.2, 0.25) is 0 Å². The number of amides is 1. The maximum Gasteiger partial charge on any atom is 0.257 e. The SMILES string of the molecule is COCCCSc1cc2c(cc1Br)C(O)C(=O)N2. The molecule has 6 heteroatoms. The standard InChI is InChI=1S/C12H14BrNO3S/c1-17-3-2-4-18-10-6-9-7(5-8(10)13)11(15)12(16)14-9/h5-6,11,15H,2-4H2,1H3,(H,14,16). The van der Waals surface area contributed by atoms with E-state index in [1.54, 1.807) is 24.9 Å². The summed E-state index contributed by atoms with van der Waals surface area (Å²) in [5.41, 5.74) is 1.33. The van der Waals surface area contributed by atoms with E-state index in [2.05, 4.69) is 21.2 Å². The van der Waals surface area contributed by atoms with Crippen molar-refractivity contribution in [3.05, 3.63) is 22.2 Å². The number of halogens is 1. The van der Waals surface area contributed by atoms with Gasteiger partial charge in [-0.25, -0.2) is 0 Å². The number of carbonyl (C=O) groups excluding carboxylic acids is 1. The molecule has 0 fully saturated rings. The number of carbonyl (C=O) groups is 1. The van der Waals surface area contributed by atoms with E-state index < -0.39 is 6.10 Å². The van der Waals surface area contributed by atoms with Crippen LogP contribution in [-0.4, -0.2) is 30.5 Å². The summed E-state index contributed by atoms with van der Waals surface area (Å²) in [6, 6.07) is 3.70. The van der Waals surface area contributed by atoms with E-state index in [9.17, 15) is 9.90 Å². The van der Waals surface area contributed by atoms with E-state index in [0.717, 1.165) is 28.1 Å². The first-order valence-corrected chi connectivity index (χ1v) is 7.35. The smallest absolute Gasteiger partial charge is 0.257 e. The minimum Gasteiger partial charge on any atom is -0.385 e. The van der Waals surface area contributed by atoms with Crippen molar-refractivity contribution in [2.24, 2.45) is 0 Å². The fraction of sp³-hybridized carbons (Fsp3) is 0.417. The van der Waals surface area contributed by atoms with Crippen molar-refractivity contribution in [2.45, 2.75) is 17.4 Å². The molecule has 1 unspecified atom stereocenters. The Kier molecular flexibility index (Phi) is 4.66. The van der Waals surface area contributed by atoms with Gasteiger partial charge in [-0.2, -0.15) is 0 Å². The van der Waals surface area contributed by atoms with Crippen LogP contribution in [0.5, 0.6) is 0 Å². The first kappa shape index (κ1) is 13.9. The van der Waals surface area contributed by atoms with E-state index in [4.69, 9.17) is 4.74 Å². The van der Waals surface area contributed by atoms with Gasteiger partial charge < -0.3 is 15.2 Å². The van der Waals surface area contributed by atoms with Crippen LogP contribution in [0.15, 0.2) is 21.5 Å². The van der Waals surface area contributed by atoms with Crippen LogP contribution in [-0.2, 0) is 9.53 Å². The third kappa shape index (κ3) is 2.88. The number of nitrogens with one attached hydrogen (secondary N) is 1. The zero-order chi connectivity index (χ0) is 13.1. The van der Waals surface area contributed by atoms with Crippen LogP contribution in [0, 0.1) is 0 Å². The number of hydrogen-bond donors (Lipinski definition) is 2. The number of aliphatic hydroxyl groups is 1. The molecule has 2 rings (SSSR count). The molecule has 98 valence electrons. The average Bonchev–Trinajstić information content (AvgIpc) is 2.61. The summed E-state index contributed by atoms with van der Waals surface area (Å²) >= 11 is 5.16. The Morgan fingerprint density at radius 3 is 3.06 bits per heavy atom. The van der Waals surface area contributed by atoms with E-state index in [0.29, 0.717) is 11.3 Å². The van der Waals surface area contributed by atoms with Crippen LogP contribution in [0.3, 0.4) is 0 Å². The van der Waals surface area contributed by atoms with Crippen molar-refractivity contribution in [1.29, 1.82) is 0 Å². The highest BCUT2D eigenvalue weighted by Gasteiger charge is 2.29. The lowest BCUT2D eigenvalue weighted by molar-refractivity contribution is -0.123. The van der Waals surface area contributed by atoms with Crippen molar-refractivity contribution in [3.63, 3.8) is 0 Å². The first-order valence-electron chi connectivity index (χ1n) is 5.57. The van der Waals surface area contributed by atoms with Crippen LogP contribution >= 0.6 is 27.7 Å². The van der Waals surface area contributed by atoms with Crippen molar-refractivity contribution >= 4 is 39.3 Å². The molecular formula is C12H14BrNO3S.